The number of fused-ring (bicyclic) bond motifs is 7. The molecule has 1 atom stereocenters. The Morgan fingerprint density at radius 2 is 2.00 bits per heavy atom. The minimum absolute atomic E-state index is 0.0103. The minimum Gasteiger partial charge on any atom is -0.349 e. The van der Waals surface area contributed by atoms with Crippen LogP contribution in [0.1, 0.15) is 53.3 Å². The van der Waals surface area contributed by atoms with Crippen LogP contribution in [0.4, 0.5) is 10.2 Å². The first kappa shape index (κ1) is 18.9. The molecule has 2 aromatic rings. The van der Waals surface area contributed by atoms with Crippen molar-refractivity contribution in [3.63, 3.8) is 0 Å². The van der Waals surface area contributed by atoms with E-state index in [2.05, 4.69) is 30.5 Å². The highest BCUT2D eigenvalue weighted by molar-refractivity contribution is 5.93. The molecule has 30 heavy (non-hydrogen) atoms. The van der Waals surface area contributed by atoms with Crippen LogP contribution in [0.5, 0.6) is 0 Å². The zero-order valence-electron chi connectivity index (χ0n) is 16.6. The molecular formula is C21H24FN7O. The van der Waals surface area contributed by atoms with E-state index in [1.165, 1.54) is 12.4 Å². The molecule has 8 nitrogen and oxygen atoms in total. The molecule has 2 N–H and O–H groups in total. The van der Waals surface area contributed by atoms with Crippen molar-refractivity contribution in [1.29, 1.82) is 0 Å². The monoisotopic (exact) mass is 409 g/mol. The molecule has 2 bridgehead atoms. The Kier molecular flexibility index (Phi) is 5.04. The molecule has 0 spiro atoms. The first-order valence-electron chi connectivity index (χ1n) is 10.4. The zero-order chi connectivity index (χ0) is 20.5. The lowest BCUT2D eigenvalue weighted by Crippen LogP contribution is -2.45. The molecule has 2 fully saturated rings. The van der Waals surface area contributed by atoms with Gasteiger partial charge in [0, 0.05) is 43.6 Å². The van der Waals surface area contributed by atoms with Crippen LogP contribution in [0.2, 0.25) is 0 Å². The second-order valence-corrected chi connectivity index (χ2v) is 7.95. The average molecular weight is 409 g/mol. The zero-order valence-corrected chi connectivity index (χ0v) is 16.6. The number of carbonyl (C=O) groups is 1. The number of halogens is 1. The second kappa shape index (κ2) is 7.98. The molecule has 4 heterocycles. The molecule has 1 saturated heterocycles. The summed E-state index contributed by atoms with van der Waals surface area (Å²) in [7, 11) is 0. The summed E-state index contributed by atoms with van der Waals surface area (Å²) in [6, 6.07) is 3.74. The number of amides is 1. The lowest BCUT2D eigenvalue weighted by Gasteiger charge is -2.27. The van der Waals surface area contributed by atoms with Crippen molar-refractivity contribution in [2.75, 3.05) is 18.0 Å². The fraction of sp³-hybridized carbons (Fsp3) is 0.429. The number of H-pyrrole nitrogens is 1. The normalized spacial score (nSPS) is 21.6. The predicted molar refractivity (Wildman–Crippen MR) is 108 cm³/mol. The van der Waals surface area contributed by atoms with Crippen LogP contribution < -0.4 is 10.3 Å². The number of carbonyl (C=O) groups excluding carboxylic acids is 1. The van der Waals surface area contributed by atoms with Gasteiger partial charge in [0.15, 0.2) is 0 Å². The number of nitrogens with zero attached hydrogens (tertiary/aromatic N) is 5. The van der Waals surface area contributed by atoms with Crippen molar-refractivity contribution in [1.82, 2.24) is 30.6 Å². The molecule has 3 aliphatic rings. The quantitative estimate of drug-likeness (QED) is 0.752. The third-order valence-corrected chi connectivity index (χ3v) is 5.88. The molecule has 1 saturated carbocycles. The van der Waals surface area contributed by atoms with Crippen LogP contribution in [0.15, 0.2) is 36.9 Å². The Morgan fingerprint density at radius 1 is 1.10 bits per heavy atom. The average Bonchev–Trinajstić information content (AvgIpc) is 3.44. The molecule has 9 heteroatoms. The van der Waals surface area contributed by atoms with Gasteiger partial charge in [-0.1, -0.05) is 0 Å². The van der Waals surface area contributed by atoms with E-state index in [-0.39, 0.29) is 17.8 Å². The molecule has 2 aromatic heterocycles. The Balaban J connectivity index is 1.65. The van der Waals surface area contributed by atoms with E-state index in [0.29, 0.717) is 30.4 Å². The van der Waals surface area contributed by atoms with E-state index >= 15 is 0 Å². The summed E-state index contributed by atoms with van der Waals surface area (Å²) in [6.45, 7) is 1.42. The van der Waals surface area contributed by atoms with Crippen molar-refractivity contribution in [2.24, 2.45) is 0 Å². The van der Waals surface area contributed by atoms with Crippen LogP contribution in [0.3, 0.4) is 0 Å². The highest BCUT2D eigenvalue weighted by Crippen LogP contribution is 2.36. The highest BCUT2D eigenvalue weighted by Gasteiger charge is 2.33. The molecule has 5 rings (SSSR count). The van der Waals surface area contributed by atoms with Gasteiger partial charge in [-0.05, 0) is 43.4 Å². The Bertz CT molecular complexity index is 1000. The van der Waals surface area contributed by atoms with E-state index in [4.69, 9.17) is 0 Å². The third-order valence-electron chi connectivity index (χ3n) is 5.88. The molecular weight excluding hydrogens is 385 g/mol. The topological polar surface area (TPSA) is 90.0 Å². The lowest BCUT2D eigenvalue weighted by molar-refractivity contribution is 0.0773. The molecule has 1 aliphatic carbocycles. The summed E-state index contributed by atoms with van der Waals surface area (Å²) < 4.78 is 14.2. The maximum absolute atomic E-state index is 14.2. The molecule has 0 radical (unpaired) electrons. The van der Waals surface area contributed by atoms with Crippen molar-refractivity contribution in [3.8, 4) is 0 Å². The summed E-state index contributed by atoms with van der Waals surface area (Å²) in [5.74, 6) is 0.123. The lowest BCUT2D eigenvalue weighted by atomic mass is 10.0. The summed E-state index contributed by atoms with van der Waals surface area (Å²) >= 11 is 0. The SMILES string of the molecule is O=C1NN(C2CC2)CCc2ncc(F)cc2C2CCCN2c2cc[nH]ncc1cn2. The van der Waals surface area contributed by atoms with E-state index in [1.54, 1.807) is 18.5 Å². The van der Waals surface area contributed by atoms with Crippen LogP contribution in [-0.2, 0) is 6.42 Å². The van der Waals surface area contributed by atoms with Gasteiger partial charge in [-0.25, -0.2) is 14.4 Å². The Hall–Kier alpha value is -3.07. The molecule has 0 aromatic carbocycles. The predicted octanol–water partition coefficient (Wildman–Crippen LogP) is 2.47. The molecule has 1 amide bonds. The first-order chi connectivity index (χ1) is 14.7. The minimum atomic E-state index is -0.332. The maximum atomic E-state index is 14.2. The fourth-order valence-electron chi connectivity index (χ4n) is 4.24. The van der Waals surface area contributed by atoms with Crippen LogP contribution >= 0.6 is 0 Å². The Morgan fingerprint density at radius 3 is 2.87 bits per heavy atom. The van der Waals surface area contributed by atoms with Crippen molar-refractivity contribution >= 4 is 11.7 Å². The number of hydrogen-bond acceptors (Lipinski definition) is 6. The van der Waals surface area contributed by atoms with E-state index in [9.17, 15) is 9.18 Å². The number of rotatable bonds is 1. The van der Waals surface area contributed by atoms with Gasteiger partial charge in [-0.2, -0.15) is 5.10 Å². The fourth-order valence-corrected chi connectivity index (χ4v) is 4.24. The summed E-state index contributed by atoms with van der Waals surface area (Å²) in [6.07, 6.45) is 10.6. The van der Waals surface area contributed by atoms with Gasteiger partial charge in [-0.3, -0.25) is 20.3 Å². The summed E-state index contributed by atoms with van der Waals surface area (Å²) in [4.78, 5) is 24.1. The summed E-state index contributed by atoms with van der Waals surface area (Å²) in [5.41, 5.74) is 5.14. The second-order valence-electron chi connectivity index (χ2n) is 7.95. The maximum Gasteiger partial charge on any atom is 0.268 e. The third kappa shape index (κ3) is 3.85. The summed E-state index contributed by atoms with van der Waals surface area (Å²) in [5, 5.41) is 8.88. The van der Waals surface area contributed by atoms with E-state index in [1.807, 2.05) is 11.1 Å². The van der Waals surface area contributed by atoms with Crippen molar-refractivity contribution in [2.45, 2.75) is 44.2 Å². The number of aromatic nitrogens is 4. The smallest absolute Gasteiger partial charge is 0.268 e. The van der Waals surface area contributed by atoms with Gasteiger partial charge < -0.3 is 4.90 Å². The van der Waals surface area contributed by atoms with E-state index in [0.717, 1.165) is 43.5 Å². The number of hydrazine groups is 1. The highest BCUT2D eigenvalue weighted by atomic mass is 19.1. The number of pyridine rings is 1. The van der Waals surface area contributed by atoms with E-state index < -0.39 is 0 Å². The first-order valence-corrected chi connectivity index (χ1v) is 10.4. The molecule has 1 unspecified atom stereocenters. The molecule has 156 valence electrons. The largest absolute Gasteiger partial charge is 0.349 e. The van der Waals surface area contributed by atoms with Gasteiger partial charge in [0.25, 0.3) is 5.91 Å². The van der Waals surface area contributed by atoms with Gasteiger partial charge in [-0.15, -0.1) is 0 Å². The number of anilines is 1. The van der Waals surface area contributed by atoms with Crippen molar-refractivity contribution in [3.05, 3.63) is 59.6 Å². The van der Waals surface area contributed by atoms with Gasteiger partial charge in [0.05, 0.1) is 24.0 Å². The Labute approximate surface area is 173 Å². The number of nitrogens with one attached hydrogen (secondary N) is 2. The number of aromatic amines is 1. The van der Waals surface area contributed by atoms with Crippen LogP contribution in [-0.4, -0.2) is 50.2 Å². The van der Waals surface area contributed by atoms with Crippen LogP contribution in [0, 0.1) is 5.82 Å². The standard InChI is InChI=1S/C21H24FN7O/c22-15-10-17-18(23-13-15)6-9-29(16-3-4-16)27-21(30)14-11-24-20(5-7-25-26-12-14)28-8-1-2-19(17)28/h5,7,10-13,16,19,25H,1-4,6,8-9H2,(H,27,30). The van der Waals surface area contributed by atoms with Crippen molar-refractivity contribution < 1.29 is 9.18 Å². The van der Waals surface area contributed by atoms with Gasteiger partial charge in [0.2, 0.25) is 0 Å². The van der Waals surface area contributed by atoms with Gasteiger partial charge >= 0.3 is 0 Å². The molecule has 2 aliphatic heterocycles. The number of hydrogen-bond donors (Lipinski definition) is 2. The van der Waals surface area contributed by atoms with Crippen LogP contribution in [0.25, 0.3) is 0 Å². The van der Waals surface area contributed by atoms with Gasteiger partial charge in [0.1, 0.15) is 11.6 Å².